The van der Waals surface area contributed by atoms with E-state index < -0.39 is 12.0 Å². The van der Waals surface area contributed by atoms with Crippen LogP contribution in [0.25, 0.3) is 0 Å². The zero-order chi connectivity index (χ0) is 13.7. The maximum atomic E-state index is 11.0. The summed E-state index contributed by atoms with van der Waals surface area (Å²) in [6, 6.07) is 4.76. The van der Waals surface area contributed by atoms with E-state index in [-0.39, 0.29) is 5.92 Å². The molecule has 1 atom stereocenters. The van der Waals surface area contributed by atoms with Crippen LogP contribution in [0.2, 0.25) is 5.02 Å². The molecule has 4 nitrogen and oxygen atoms in total. The van der Waals surface area contributed by atoms with Gasteiger partial charge < -0.3 is 15.2 Å². The van der Waals surface area contributed by atoms with Gasteiger partial charge in [-0.3, -0.25) is 4.79 Å². The van der Waals surface area contributed by atoms with Crippen LogP contribution in [-0.4, -0.2) is 24.2 Å². The second-order valence-corrected chi connectivity index (χ2v) is 4.81. The molecule has 0 aliphatic carbocycles. The van der Waals surface area contributed by atoms with Gasteiger partial charge >= 0.3 is 5.97 Å². The van der Waals surface area contributed by atoms with Gasteiger partial charge in [0, 0.05) is 11.6 Å². The third kappa shape index (κ3) is 3.89. The minimum Gasteiger partial charge on any atom is -0.497 e. The Labute approximate surface area is 112 Å². The summed E-state index contributed by atoms with van der Waals surface area (Å²) in [5, 5.41) is 12.6. The Morgan fingerprint density at radius 3 is 2.61 bits per heavy atom. The maximum Gasteiger partial charge on any atom is 0.320 e. The zero-order valence-corrected chi connectivity index (χ0v) is 11.5. The Balaban J connectivity index is 2.70. The summed E-state index contributed by atoms with van der Waals surface area (Å²) in [6.45, 7) is 4.14. The quantitative estimate of drug-likeness (QED) is 0.835. The van der Waals surface area contributed by atoms with E-state index in [1.807, 2.05) is 19.9 Å². The van der Waals surface area contributed by atoms with Crippen molar-refractivity contribution in [3.05, 3.63) is 28.8 Å². The van der Waals surface area contributed by atoms with Crippen molar-refractivity contribution in [2.24, 2.45) is 5.92 Å². The normalized spacial score (nSPS) is 12.5. The first kappa shape index (κ1) is 14.8. The molecule has 18 heavy (non-hydrogen) atoms. The highest BCUT2D eigenvalue weighted by Crippen LogP contribution is 2.22. The highest BCUT2D eigenvalue weighted by atomic mass is 35.5. The minimum atomic E-state index is -0.852. The molecule has 0 heterocycles. The van der Waals surface area contributed by atoms with Crippen LogP contribution in [0, 0.1) is 5.92 Å². The van der Waals surface area contributed by atoms with Crippen molar-refractivity contribution in [1.29, 1.82) is 0 Å². The van der Waals surface area contributed by atoms with Crippen molar-refractivity contribution in [3.63, 3.8) is 0 Å². The summed E-state index contributed by atoms with van der Waals surface area (Å²) in [5.74, 6) is -0.156. The largest absolute Gasteiger partial charge is 0.497 e. The Bertz CT molecular complexity index is 421. The predicted octanol–water partition coefficient (Wildman–Crippen LogP) is 2.55. The first-order valence-electron chi connectivity index (χ1n) is 5.74. The second kappa shape index (κ2) is 6.61. The van der Waals surface area contributed by atoms with Crippen molar-refractivity contribution in [2.45, 2.75) is 26.4 Å². The molecule has 1 rings (SSSR count). The number of carboxylic acids is 1. The van der Waals surface area contributed by atoms with Gasteiger partial charge in [-0.15, -0.1) is 0 Å². The maximum absolute atomic E-state index is 11.0. The minimum absolute atomic E-state index is 0.0134. The third-order valence-electron chi connectivity index (χ3n) is 2.71. The number of carbonyl (C=O) groups is 1. The van der Waals surface area contributed by atoms with E-state index in [2.05, 4.69) is 5.32 Å². The lowest BCUT2D eigenvalue weighted by Crippen LogP contribution is -2.40. The summed E-state index contributed by atoms with van der Waals surface area (Å²) >= 11 is 6.08. The average Bonchev–Trinajstić information content (AvgIpc) is 2.30. The number of nitrogens with one attached hydrogen (secondary N) is 1. The molecule has 0 saturated heterocycles. The molecule has 0 aliphatic heterocycles. The molecule has 2 N–H and O–H groups in total. The van der Waals surface area contributed by atoms with E-state index in [4.69, 9.17) is 21.4 Å². The molecule has 1 aromatic carbocycles. The second-order valence-electron chi connectivity index (χ2n) is 4.40. The molecule has 0 fully saturated rings. The number of aliphatic carboxylic acids is 1. The summed E-state index contributed by atoms with van der Waals surface area (Å²) in [6.07, 6.45) is 0. The van der Waals surface area contributed by atoms with Crippen LogP contribution in [0.5, 0.6) is 5.75 Å². The molecule has 0 unspecified atom stereocenters. The molecule has 0 bridgehead atoms. The molecule has 0 amide bonds. The molecular formula is C13H18ClNO3. The first-order chi connectivity index (χ1) is 8.45. The summed E-state index contributed by atoms with van der Waals surface area (Å²) < 4.78 is 5.05. The number of ether oxygens (including phenoxy) is 1. The first-order valence-corrected chi connectivity index (χ1v) is 6.12. The summed E-state index contributed by atoms with van der Waals surface area (Å²) in [7, 11) is 1.57. The fourth-order valence-electron chi connectivity index (χ4n) is 1.63. The van der Waals surface area contributed by atoms with Gasteiger partial charge in [0.25, 0.3) is 0 Å². The van der Waals surface area contributed by atoms with Gasteiger partial charge in [0.1, 0.15) is 11.8 Å². The van der Waals surface area contributed by atoms with E-state index in [0.29, 0.717) is 17.3 Å². The summed E-state index contributed by atoms with van der Waals surface area (Å²) in [4.78, 5) is 11.0. The average molecular weight is 272 g/mol. The van der Waals surface area contributed by atoms with Gasteiger partial charge in [-0.25, -0.2) is 0 Å². The van der Waals surface area contributed by atoms with Crippen molar-refractivity contribution in [1.82, 2.24) is 5.32 Å². The van der Waals surface area contributed by atoms with E-state index in [9.17, 15) is 4.79 Å². The van der Waals surface area contributed by atoms with E-state index in [1.54, 1.807) is 19.2 Å². The number of hydrogen-bond acceptors (Lipinski definition) is 3. The van der Waals surface area contributed by atoms with Crippen molar-refractivity contribution in [2.75, 3.05) is 7.11 Å². The van der Waals surface area contributed by atoms with Crippen LogP contribution in [0.1, 0.15) is 19.4 Å². The molecule has 0 saturated carbocycles. The van der Waals surface area contributed by atoms with Gasteiger partial charge in [-0.2, -0.15) is 0 Å². The predicted molar refractivity (Wildman–Crippen MR) is 71.1 cm³/mol. The Hall–Kier alpha value is -1.26. The molecule has 100 valence electrons. The van der Waals surface area contributed by atoms with Crippen LogP contribution in [0.3, 0.4) is 0 Å². The lowest BCUT2D eigenvalue weighted by atomic mass is 10.0. The Kier molecular flexibility index (Phi) is 5.44. The highest BCUT2D eigenvalue weighted by Gasteiger charge is 2.20. The fraction of sp³-hybridized carbons (Fsp3) is 0.462. The summed E-state index contributed by atoms with van der Waals surface area (Å²) in [5.41, 5.74) is 0.851. The smallest absolute Gasteiger partial charge is 0.320 e. The molecule has 5 heteroatoms. The fourth-order valence-corrected chi connectivity index (χ4v) is 1.86. The third-order valence-corrected chi connectivity index (χ3v) is 3.06. The molecular weight excluding hydrogens is 254 g/mol. The van der Waals surface area contributed by atoms with Crippen LogP contribution in [0.15, 0.2) is 18.2 Å². The molecule has 0 aromatic heterocycles. The SMILES string of the molecule is COc1ccc(CN[C@H](C(=O)O)C(C)C)c(Cl)c1. The molecule has 0 aliphatic rings. The number of carboxylic acid groups (broad SMARTS) is 1. The molecule has 0 radical (unpaired) electrons. The van der Waals surface area contributed by atoms with Gasteiger partial charge in [-0.05, 0) is 23.6 Å². The Morgan fingerprint density at radius 2 is 2.17 bits per heavy atom. The number of hydrogen-bond donors (Lipinski definition) is 2. The number of methoxy groups -OCH3 is 1. The molecule has 0 spiro atoms. The lowest BCUT2D eigenvalue weighted by Gasteiger charge is -2.18. The van der Waals surface area contributed by atoms with E-state index >= 15 is 0 Å². The standard InChI is InChI=1S/C13H18ClNO3/c1-8(2)12(13(16)17)15-7-9-4-5-10(18-3)6-11(9)14/h4-6,8,12,15H,7H2,1-3H3,(H,16,17)/t12-/m0/s1. The van der Waals surface area contributed by atoms with Crippen molar-refractivity contribution < 1.29 is 14.6 Å². The van der Waals surface area contributed by atoms with Crippen LogP contribution >= 0.6 is 11.6 Å². The lowest BCUT2D eigenvalue weighted by molar-refractivity contribution is -0.140. The van der Waals surface area contributed by atoms with Crippen LogP contribution < -0.4 is 10.1 Å². The highest BCUT2D eigenvalue weighted by molar-refractivity contribution is 6.31. The van der Waals surface area contributed by atoms with Crippen molar-refractivity contribution in [3.8, 4) is 5.75 Å². The number of benzene rings is 1. The van der Waals surface area contributed by atoms with Gasteiger partial charge in [0.05, 0.1) is 7.11 Å². The van der Waals surface area contributed by atoms with Gasteiger partial charge in [0.15, 0.2) is 0 Å². The molecule has 1 aromatic rings. The number of halogens is 1. The van der Waals surface area contributed by atoms with Crippen LogP contribution in [0.4, 0.5) is 0 Å². The van der Waals surface area contributed by atoms with Crippen LogP contribution in [-0.2, 0) is 11.3 Å². The Morgan fingerprint density at radius 1 is 1.50 bits per heavy atom. The van der Waals surface area contributed by atoms with E-state index in [1.165, 1.54) is 0 Å². The van der Waals surface area contributed by atoms with E-state index in [0.717, 1.165) is 5.56 Å². The zero-order valence-electron chi connectivity index (χ0n) is 10.7. The van der Waals surface area contributed by atoms with Gasteiger partial charge in [-0.1, -0.05) is 31.5 Å². The topological polar surface area (TPSA) is 58.6 Å². The monoisotopic (exact) mass is 271 g/mol. The van der Waals surface area contributed by atoms with Gasteiger partial charge in [0.2, 0.25) is 0 Å². The van der Waals surface area contributed by atoms with Crippen molar-refractivity contribution >= 4 is 17.6 Å². The number of rotatable bonds is 6.